The van der Waals surface area contributed by atoms with E-state index >= 15 is 0 Å². The zero-order chi connectivity index (χ0) is 21.5. The summed E-state index contributed by atoms with van der Waals surface area (Å²) in [5, 5.41) is 9.37. The molecule has 0 saturated carbocycles. The van der Waals surface area contributed by atoms with E-state index in [0.717, 1.165) is 53.3 Å². The maximum atomic E-state index is 11.2. The van der Waals surface area contributed by atoms with Crippen LogP contribution >= 0.6 is 11.8 Å². The standard InChI is InChI=1S/C22H26N4O4S/c23-20(27)9-10-21-24-25-22(26(21)13-18-3-1-11-28-18)31-15-16-5-7-17(8-6-16)30-14-19-4-2-12-29-19/h1,3,5-8,11,19H,2,4,9-10,12-15H2,(H2,23,27). The van der Waals surface area contributed by atoms with Gasteiger partial charge in [0.15, 0.2) is 5.16 Å². The van der Waals surface area contributed by atoms with E-state index in [0.29, 0.717) is 19.6 Å². The Kier molecular flexibility index (Phi) is 7.26. The van der Waals surface area contributed by atoms with E-state index in [-0.39, 0.29) is 18.4 Å². The largest absolute Gasteiger partial charge is 0.491 e. The molecule has 0 bridgehead atoms. The van der Waals surface area contributed by atoms with E-state index in [1.54, 1.807) is 18.0 Å². The van der Waals surface area contributed by atoms with Gasteiger partial charge in [-0.05, 0) is 42.7 Å². The summed E-state index contributed by atoms with van der Waals surface area (Å²) in [7, 11) is 0. The summed E-state index contributed by atoms with van der Waals surface area (Å²) in [5.74, 6) is 2.74. The molecule has 8 nitrogen and oxygen atoms in total. The second-order valence-corrected chi connectivity index (χ2v) is 8.35. The number of nitrogens with two attached hydrogens (primary N) is 1. The van der Waals surface area contributed by atoms with Crippen molar-refractivity contribution in [2.24, 2.45) is 5.73 Å². The molecule has 31 heavy (non-hydrogen) atoms. The number of benzene rings is 1. The molecule has 1 aromatic carbocycles. The van der Waals surface area contributed by atoms with E-state index in [9.17, 15) is 4.79 Å². The fourth-order valence-electron chi connectivity index (χ4n) is 3.36. The molecule has 0 spiro atoms. The van der Waals surface area contributed by atoms with E-state index in [4.69, 9.17) is 19.6 Å². The maximum Gasteiger partial charge on any atom is 0.217 e. The number of aryl methyl sites for hydroxylation is 1. The van der Waals surface area contributed by atoms with Crippen molar-refractivity contribution in [3.05, 3.63) is 59.8 Å². The Bertz CT molecular complexity index is 966. The number of nitrogens with zero attached hydrogens (tertiary/aromatic N) is 3. The third kappa shape index (κ3) is 6.11. The van der Waals surface area contributed by atoms with Crippen molar-refractivity contribution in [1.29, 1.82) is 0 Å². The van der Waals surface area contributed by atoms with Gasteiger partial charge < -0.3 is 19.6 Å². The first kappa shape index (κ1) is 21.5. The minimum absolute atomic E-state index is 0.208. The molecule has 0 radical (unpaired) electrons. The second kappa shape index (κ2) is 10.5. The number of carbonyl (C=O) groups excluding carboxylic acids is 1. The van der Waals surface area contributed by atoms with Crippen LogP contribution in [0.25, 0.3) is 0 Å². The highest BCUT2D eigenvalue weighted by molar-refractivity contribution is 7.98. The molecule has 1 aliphatic rings. The van der Waals surface area contributed by atoms with Crippen LogP contribution in [0.15, 0.2) is 52.2 Å². The van der Waals surface area contributed by atoms with Crippen LogP contribution in [-0.4, -0.2) is 40.0 Å². The van der Waals surface area contributed by atoms with E-state index in [1.807, 2.05) is 28.8 Å². The maximum absolute atomic E-state index is 11.2. The first-order valence-corrected chi connectivity index (χ1v) is 11.3. The van der Waals surface area contributed by atoms with E-state index in [2.05, 4.69) is 22.3 Å². The van der Waals surface area contributed by atoms with Crippen LogP contribution in [0, 0.1) is 0 Å². The molecule has 1 fully saturated rings. The number of ether oxygens (including phenoxy) is 2. The summed E-state index contributed by atoms with van der Waals surface area (Å²) in [6.45, 7) is 1.93. The van der Waals surface area contributed by atoms with E-state index < -0.39 is 0 Å². The van der Waals surface area contributed by atoms with Crippen LogP contribution in [0.3, 0.4) is 0 Å². The average Bonchev–Trinajstić information content (AvgIpc) is 3.54. The highest BCUT2D eigenvalue weighted by Crippen LogP contribution is 2.25. The van der Waals surface area contributed by atoms with Crippen molar-refractivity contribution in [1.82, 2.24) is 14.8 Å². The lowest BCUT2D eigenvalue weighted by molar-refractivity contribution is -0.118. The minimum atomic E-state index is -0.358. The molecule has 3 aromatic rings. The van der Waals surface area contributed by atoms with Gasteiger partial charge in [-0.1, -0.05) is 23.9 Å². The van der Waals surface area contributed by atoms with Crippen molar-refractivity contribution in [2.45, 2.75) is 49.2 Å². The summed E-state index contributed by atoms with van der Waals surface area (Å²) in [5.41, 5.74) is 6.45. The number of hydrogen-bond donors (Lipinski definition) is 1. The van der Waals surface area contributed by atoms with Crippen LogP contribution in [0.5, 0.6) is 5.75 Å². The summed E-state index contributed by atoms with van der Waals surface area (Å²) in [6, 6.07) is 11.8. The molecule has 1 unspecified atom stereocenters. The third-order valence-corrected chi connectivity index (χ3v) is 6.07. The zero-order valence-electron chi connectivity index (χ0n) is 17.2. The number of aromatic nitrogens is 3. The number of rotatable bonds is 11. The number of primary amides is 1. The molecular weight excluding hydrogens is 416 g/mol. The van der Waals surface area contributed by atoms with Gasteiger partial charge in [0.05, 0.1) is 18.9 Å². The molecule has 3 heterocycles. The topological polar surface area (TPSA) is 105 Å². The van der Waals surface area contributed by atoms with E-state index in [1.165, 1.54) is 0 Å². The lowest BCUT2D eigenvalue weighted by Crippen LogP contribution is -2.16. The molecule has 4 rings (SSSR count). The highest BCUT2D eigenvalue weighted by atomic mass is 32.2. The quantitative estimate of drug-likeness (QED) is 0.455. The van der Waals surface area contributed by atoms with Crippen LogP contribution in [0.4, 0.5) is 0 Å². The summed E-state index contributed by atoms with van der Waals surface area (Å²) < 4.78 is 18.9. The van der Waals surface area contributed by atoms with Gasteiger partial charge in [0.2, 0.25) is 5.91 Å². The first-order valence-electron chi connectivity index (χ1n) is 10.4. The van der Waals surface area contributed by atoms with Crippen LogP contribution in [-0.2, 0) is 28.2 Å². The molecule has 0 aliphatic carbocycles. The van der Waals surface area contributed by atoms with Crippen molar-refractivity contribution in [2.75, 3.05) is 13.2 Å². The van der Waals surface area contributed by atoms with Gasteiger partial charge in [-0.25, -0.2) is 0 Å². The Balaban J connectivity index is 1.37. The molecule has 1 atom stereocenters. The molecule has 1 amide bonds. The predicted molar refractivity (Wildman–Crippen MR) is 116 cm³/mol. The Labute approximate surface area is 185 Å². The number of hydrogen-bond acceptors (Lipinski definition) is 7. The lowest BCUT2D eigenvalue weighted by atomic mass is 10.2. The normalized spacial score (nSPS) is 15.9. The monoisotopic (exact) mass is 442 g/mol. The van der Waals surface area contributed by atoms with Gasteiger partial charge >= 0.3 is 0 Å². The Hall–Kier alpha value is -2.78. The number of furan rings is 1. The van der Waals surface area contributed by atoms with Crippen molar-refractivity contribution in [3.63, 3.8) is 0 Å². The molecule has 1 saturated heterocycles. The van der Waals surface area contributed by atoms with Gasteiger partial charge in [0.25, 0.3) is 0 Å². The highest BCUT2D eigenvalue weighted by Gasteiger charge is 2.17. The lowest BCUT2D eigenvalue weighted by Gasteiger charge is -2.12. The average molecular weight is 443 g/mol. The molecule has 9 heteroatoms. The Morgan fingerprint density at radius 2 is 2.13 bits per heavy atom. The molecular formula is C22H26N4O4S. The Morgan fingerprint density at radius 3 is 2.84 bits per heavy atom. The number of thioether (sulfide) groups is 1. The second-order valence-electron chi connectivity index (χ2n) is 7.41. The molecule has 2 aromatic heterocycles. The van der Waals surface area contributed by atoms with Crippen LogP contribution in [0.2, 0.25) is 0 Å². The first-order chi connectivity index (χ1) is 15.2. The van der Waals surface area contributed by atoms with Crippen molar-refractivity contribution >= 4 is 17.7 Å². The smallest absolute Gasteiger partial charge is 0.217 e. The van der Waals surface area contributed by atoms with Gasteiger partial charge in [-0.3, -0.25) is 9.36 Å². The van der Waals surface area contributed by atoms with Crippen molar-refractivity contribution < 1.29 is 18.7 Å². The van der Waals surface area contributed by atoms with Crippen molar-refractivity contribution in [3.8, 4) is 5.75 Å². The van der Waals surface area contributed by atoms with Gasteiger partial charge in [-0.2, -0.15) is 0 Å². The fourth-order valence-corrected chi connectivity index (χ4v) is 4.27. The van der Waals surface area contributed by atoms with Crippen LogP contribution in [0.1, 0.15) is 36.4 Å². The summed E-state index contributed by atoms with van der Waals surface area (Å²) in [4.78, 5) is 11.2. The number of amides is 1. The molecule has 164 valence electrons. The molecule has 1 aliphatic heterocycles. The molecule has 2 N–H and O–H groups in total. The van der Waals surface area contributed by atoms with Gasteiger partial charge in [0.1, 0.15) is 23.9 Å². The number of carbonyl (C=O) groups is 1. The minimum Gasteiger partial charge on any atom is -0.491 e. The van der Waals surface area contributed by atoms with Crippen LogP contribution < -0.4 is 10.5 Å². The predicted octanol–water partition coefficient (Wildman–Crippen LogP) is 3.19. The summed E-state index contributed by atoms with van der Waals surface area (Å²) in [6.07, 6.45) is 4.69. The fraction of sp³-hybridized carbons (Fsp3) is 0.409. The summed E-state index contributed by atoms with van der Waals surface area (Å²) >= 11 is 1.59. The Morgan fingerprint density at radius 1 is 1.26 bits per heavy atom. The SMILES string of the molecule is NC(=O)CCc1nnc(SCc2ccc(OCC3CCCO3)cc2)n1Cc1ccco1. The van der Waals surface area contributed by atoms with Gasteiger partial charge in [0, 0.05) is 25.2 Å². The third-order valence-electron chi connectivity index (χ3n) is 5.03. The zero-order valence-corrected chi connectivity index (χ0v) is 18.1. The van der Waals surface area contributed by atoms with Gasteiger partial charge in [-0.15, -0.1) is 10.2 Å².